The fourth-order valence-corrected chi connectivity index (χ4v) is 1.44. The number of hydrogen-bond donors (Lipinski definition) is 1. The summed E-state index contributed by atoms with van der Waals surface area (Å²) in [7, 11) is 1.63. The van der Waals surface area contributed by atoms with Crippen LogP contribution in [0.2, 0.25) is 0 Å². The molecule has 0 radical (unpaired) electrons. The van der Waals surface area contributed by atoms with Gasteiger partial charge in [0.1, 0.15) is 0 Å². The van der Waals surface area contributed by atoms with Gasteiger partial charge in [0, 0.05) is 13.5 Å². The Bertz CT molecular complexity index is 286. The molecule has 1 aromatic rings. The van der Waals surface area contributed by atoms with Gasteiger partial charge < -0.3 is 14.4 Å². The smallest absolute Gasteiger partial charge is 0.232 e. The van der Waals surface area contributed by atoms with E-state index in [-0.39, 0.29) is 5.92 Å². The van der Waals surface area contributed by atoms with Crippen LogP contribution in [0.3, 0.4) is 0 Å². The number of aliphatic hydroxyl groups excluding tert-OH is 1. The van der Waals surface area contributed by atoms with Crippen molar-refractivity contribution in [2.75, 3.05) is 13.7 Å². The first-order chi connectivity index (χ1) is 7.19. The minimum atomic E-state index is -0.467. The quantitative estimate of drug-likeness (QED) is 0.768. The largest absolute Gasteiger partial charge is 0.393 e. The number of nitrogens with zero attached hydrogens (tertiary/aromatic N) is 2. The lowest BCUT2D eigenvalue weighted by atomic mass is 10.0. The molecule has 0 aliphatic rings. The standard InChI is InChI=1S/C10H18N2O3/c1-4-8(7(2)13)10-11-9(12-15-10)5-6-14-3/h7-8,13H,4-6H2,1-3H3. The third kappa shape index (κ3) is 3.28. The van der Waals surface area contributed by atoms with Crippen LogP contribution in [0.15, 0.2) is 4.52 Å². The topological polar surface area (TPSA) is 68.4 Å². The molecule has 15 heavy (non-hydrogen) atoms. The highest BCUT2D eigenvalue weighted by atomic mass is 16.5. The Morgan fingerprint density at radius 1 is 1.53 bits per heavy atom. The number of aliphatic hydroxyl groups is 1. The van der Waals surface area contributed by atoms with Crippen molar-refractivity contribution >= 4 is 0 Å². The Morgan fingerprint density at radius 3 is 2.80 bits per heavy atom. The Kier molecular flexibility index (Phi) is 4.71. The molecule has 5 nitrogen and oxygen atoms in total. The van der Waals surface area contributed by atoms with E-state index >= 15 is 0 Å². The highest BCUT2D eigenvalue weighted by molar-refractivity contribution is 4.96. The van der Waals surface area contributed by atoms with Crippen LogP contribution >= 0.6 is 0 Å². The number of aromatic nitrogens is 2. The van der Waals surface area contributed by atoms with E-state index in [2.05, 4.69) is 10.1 Å². The third-order valence-corrected chi connectivity index (χ3v) is 2.35. The molecule has 2 atom stereocenters. The second-order valence-electron chi connectivity index (χ2n) is 3.55. The van der Waals surface area contributed by atoms with Gasteiger partial charge in [0.25, 0.3) is 0 Å². The average molecular weight is 214 g/mol. The molecule has 1 rings (SSSR count). The van der Waals surface area contributed by atoms with E-state index in [1.54, 1.807) is 14.0 Å². The first kappa shape index (κ1) is 12.1. The molecule has 0 aliphatic heterocycles. The van der Waals surface area contributed by atoms with Crippen molar-refractivity contribution in [3.63, 3.8) is 0 Å². The molecule has 0 amide bonds. The van der Waals surface area contributed by atoms with E-state index in [1.165, 1.54) is 0 Å². The summed E-state index contributed by atoms with van der Waals surface area (Å²) in [5, 5.41) is 13.3. The summed E-state index contributed by atoms with van der Waals surface area (Å²) in [5.74, 6) is 1.07. The molecular formula is C10H18N2O3. The van der Waals surface area contributed by atoms with Gasteiger partial charge in [-0.1, -0.05) is 12.1 Å². The number of rotatable bonds is 6. The van der Waals surface area contributed by atoms with E-state index in [0.717, 1.165) is 6.42 Å². The van der Waals surface area contributed by atoms with E-state index < -0.39 is 6.10 Å². The monoisotopic (exact) mass is 214 g/mol. The summed E-state index contributed by atoms with van der Waals surface area (Å²) in [4.78, 5) is 4.22. The highest BCUT2D eigenvalue weighted by Crippen LogP contribution is 2.21. The molecule has 0 spiro atoms. The number of ether oxygens (including phenoxy) is 1. The van der Waals surface area contributed by atoms with Crippen molar-refractivity contribution in [2.45, 2.75) is 38.7 Å². The van der Waals surface area contributed by atoms with Crippen molar-refractivity contribution < 1.29 is 14.4 Å². The predicted octanol–water partition coefficient (Wildman–Crippen LogP) is 1.13. The van der Waals surface area contributed by atoms with Gasteiger partial charge >= 0.3 is 0 Å². The second kappa shape index (κ2) is 5.82. The van der Waals surface area contributed by atoms with Gasteiger partial charge in [-0.2, -0.15) is 4.98 Å². The van der Waals surface area contributed by atoms with Gasteiger partial charge in [-0.15, -0.1) is 0 Å². The van der Waals surface area contributed by atoms with Crippen LogP contribution in [0.1, 0.15) is 37.9 Å². The minimum absolute atomic E-state index is 0.0752. The van der Waals surface area contributed by atoms with Crippen LogP contribution in [0.5, 0.6) is 0 Å². The maximum Gasteiger partial charge on any atom is 0.232 e. The molecule has 0 bridgehead atoms. The molecule has 1 aromatic heterocycles. The van der Waals surface area contributed by atoms with Crippen molar-refractivity contribution in [2.24, 2.45) is 0 Å². The fourth-order valence-electron chi connectivity index (χ4n) is 1.44. The van der Waals surface area contributed by atoms with Crippen LogP contribution in [0, 0.1) is 0 Å². The molecule has 0 aromatic carbocycles. The maximum atomic E-state index is 9.50. The Hall–Kier alpha value is -0.940. The van der Waals surface area contributed by atoms with E-state index in [0.29, 0.717) is 24.7 Å². The summed E-state index contributed by atoms with van der Waals surface area (Å²) in [6.07, 6.45) is 0.950. The zero-order chi connectivity index (χ0) is 11.3. The highest BCUT2D eigenvalue weighted by Gasteiger charge is 2.21. The maximum absolute atomic E-state index is 9.50. The molecule has 2 unspecified atom stereocenters. The molecule has 86 valence electrons. The molecule has 0 fully saturated rings. The van der Waals surface area contributed by atoms with Crippen LogP contribution in [-0.4, -0.2) is 35.1 Å². The molecular weight excluding hydrogens is 196 g/mol. The zero-order valence-electron chi connectivity index (χ0n) is 9.43. The van der Waals surface area contributed by atoms with E-state index in [9.17, 15) is 5.11 Å². The second-order valence-corrected chi connectivity index (χ2v) is 3.55. The van der Waals surface area contributed by atoms with Gasteiger partial charge in [-0.25, -0.2) is 0 Å². The first-order valence-corrected chi connectivity index (χ1v) is 5.18. The van der Waals surface area contributed by atoms with Crippen molar-refractivity contribution in [3.8, 4) is 0 Å². The summed E-state index contributed by atoms with van der Waals surface area (Å²) < 4.78 is 10.0. The Labute approximate surface area is 89.4 Å². The first-order valence-electron chi connectivity index (χ1n) is 5.18. The minimum Gasteiger partial charge on any atom is -0.393 e. The zero-order valence-corrected chi connectivity index (χ0v) is 9.43. The molecule has 0 aliphatic carbocycles. The fraction of sp³-hybridized carbons (Fsp3) is 0.800. The van der Waals surface area contributed by atoms with Gasteiger partial charge in [-0.05, 0) is 13.3 Å². The molecule has 1 N–H and O–H groups in total. The summed E-state index contributed by atoms with van der Waals surface area (Å²) in [6, 6.07) is 0. The van der Waals surface area contributed by atoms with Crippen molar-refractivity contribution in [1.29, 1.82) is 0 Å². The van der Waals surface area contributed by atoms with Crippen LogP contribution in [0.4, 0.5) is 0 Å². The predicted molar refractivity (Wildman–Crippen MR) is 54.6 cm³/mol. The lowest BCUT2D eigenvalue weighted by Gasteiger charge is -2.12. The lowest BCUT2D eigenvalue weighted by molar-refractivity contribution is 0.141. The molecule has 1 heterocycles. The van der Waals surface area contributed by atoms with Crippen molar-refractivity contribution in [3.05, 3.63) is 11.7 Å². The third-order valence-electron chi connectivity index (χ3n) is 2.35. The lowest BCUT2D eigenvalue weighted by Crippen LogP contribution is -2.14. The van der Waals surface area contributed by atoms with Crippen LogP contribution < -0.4 is 0 Å². The van der Waals surface area contributed by atoms with E-state index in [1.807, 2.05) is 6.92 Å². The molecule has 0 saturated heterocycles. The number of hydrogen-bond acceptors (Lipinski definition) is 5. The van der Waals surface area contributed by atoms with Crippen LogP contribution in [0.25, 0.3) is 0 Å². The Morgan fingerprint density at radius 2 is 2.27 bits per heavy atom. The molecule has 5 heteroatoms. The SMILES string of the molecule is CCC(c1nc(CCOC)no1)C(C)O. The number of methoxy groups -OCH3 is 1. The summed E-state index contributed by atoms with van der Waals surface area (Å²) >= 11 is 0. The van der Waals surface area contributed by atoms with Crippen molar-refractivity contribution in [1.82, 2.24) is 10.1 Å². The van der Waals surface area contributed by atoms with Gasteiger partial charge in [0.2, 0.25) is 5.89 Å². The van der Waals surface area contributed by atoms with Gasteiger partial charge in [0.15, 0.2) is 5.82 Å². The summed E-state index contributed by atoms with van der Waals surface area (Å²) in [5.41, 5.74) is 0. The normalized spacial score (nSPS) is 15.2. The van der Waals surface area contributed by atoms with Gasteiger partial charge in [-0.3, -0.25) is 0 Å². The molecule has 0 saturated carbocycles. The average Bonchev–Trinajstić information content (AvgIpc) is 2.64. The van der Waals surface area contributed by atoms with Gasteiger partial charge in [0.05, 0.1) is 18.6 Å². The summed E-state index contributed by atoms with van der Waals surface area (Å²) in [6.45, 7) is 4.29. The Balaban J connectivity index is 2.65. The van der Waals surface area contributed by atoms with E-state index in [4.69, 9.17) is 9.26 Å². The van der Waals surface area contributed by atoms with Crippen LogP contribution in [-0.2, 0) is 11.2 Å².